The van der Waals surface area contributed by atoms with E-state index in [1.54, 1.807) is 0 Å². The molecule has 8 nitrogen and oxygen atoms in total. The molecule has 0 bridgehead atoms. The maximum Gasteiger partial charge on any atom is 0.333 e. The minimum Gasteiger partial charge on any atom is -0.464 e. The summed E-state index contributed by atoms with van der Waals surface area (Å²) in [6.45, 7) is 4.28. The van der Waals surface area contributed by atoms with Gasteiger partial charge in [-0.2, -0.15) is 0 Å². The van der Waals surface area contributed by atoms with Crippen LogP contribution in [-0.2, 0) is 29.1 Å². The number of aliphatic hydroxyl groups is 1. The number of carbonyl (C=O) groups excluding carboxylic acids is 2. The Kier molecular flexibility index (Phi) is 20.3. The second-order valence-corrected chi connectivity index (χ2v) is 12.9. The lowest BCUT2D eigenvalue weighted by Gasteiger charge is -2.19. The first-order chi connectivity index (χ1) is 18.8. The van der Waals surface area contributed by atoms with Crippen molar-refractivity contribution in [2.45, 2.75) is 154 Å². The normalized spacial score (nSPS) is 16.2. The molecule has 0 aliphatic carbocycles. The number of ether oxygens (including phenoxy) is 2. The van der Waals surface area contributed by atoms with Crippen molar-refractivity contribution in [3.8, 4) is 0 Å². The standard InChI is InChI=1S/C30H55NO7S/c1-3-5-7-9-11-13-15-17-19-21-28(32)37-25-27(20-18-16-14-12-10-8-6-4-2)39(35,36)31-23-22-26-24-29(33)38-30(26)34/h24,27,30-31,34H,3-23,25H2,1-2H3. The number of aliphatic hydroxyl groups excluding tert-OH is 1. The van der Waals surface area contributed by atoms with Gasteiger partial charge in [0.2, 0.25) is 16.3 Å². The zero-order valence-corrected chi connectivity index (χ0v) is 25.4. The van der Waals surface area contributed by atoms with E-state index in [1.165, 1.54) is 70.3 Å². The van der Waals surface area contributed by atoms with E-state index >= 15 is 0 Å². The summed E-state index contributed by atoms with van der Waals surface area (Å²) in [4.78, 5) is 23.6. The van der Waals surface area contributed by atoms with E-state index in [1.807, 2.05) is 0 Å². The van der Waals surface area contributed by atoms with Crippen LogP contribution < -0.4 is 4.72 Å². The van der Waals surface area contributed by atoms with E-state index in [9.17, 15) is 23.1 Å². The van der Waals surface area contributed by atoms with E-state index in [0.29, 0.717) is 18.4 Å². The minimum atomic E-state index is -3.75. The Bertz CT molecular complexity index is 797. The molecule has 0 aromatic carbocycles. The first kappa shape index (κ1) is 35.6. The molecule has 0 aromatic heterocycles. The molecule has 0 spiro atoms. The largest absolute Gasteiger partial charge is 0.464 e. The highest BCUT2D eigenvalue weighted by atomic mass is 32.2. The molecule has 1 rings (SSSR count). The predicted octanol–water partition coefficient (Wildman–Crippen LogP) is 6.46. The molecule has 0 radical (unpaired) electrons. The predicted molar refractivity (Wildman–Crippen MR) is 156 cm³/mol. The van der Waals surface area contributed by atoms with Crippen LogP contribution in [0.15, 0.2) is 11.6 Å². The highest BCUT2D eigenvalue weighted by Gasteiger charge is 2.28. The summed E-state index contributed by atoms with van der Waals surface area (Å²) in [6.07, 6.45) is 20.0. The van der Waals surface area contributed by atoms with Crippen LogP contribution in [0.5, 0.6) is 0 Å². The average molecular weight is 574 g/mol. The fraction of sp³-hybridized carbons (Fsp3) is 0.867. The third-order valence-electron chi connectivity index (χ3n) is 7.30. The third-order valence-corrected chi connectivity index (χ3v) is 9.15. The third kappa shape index (κ3) is 17.8. The van der Waals surface area contributed by atoms with Gasteiger partial charge in [-0.05, 0) is 19.3 Å². The first-order valence-electron chi connectivity index (χ1n) is 15.5. The Labute approximate surface area is 237 Å². The maximum absolute atomic E-state index is 13.0. The molecular weight excluding hydrogens is 518 g/mol. The summed E-state index contributed by atoms with van der Waals surface area (Å²) in [5.74, 6) is -0.976. The number of hydrogen-bond donors (Lipinski definition) is 2. The molecule has 0 fully saturated rings. The molecule has 0 saturated carbocycles. The number of unbranched alkanes of at least 4 members (excludes halogenated alkanes) is 15. The lowest BCUT2D eigenvalue weighted by atomic mass is 10.1. The number of sulfonamides is 1. The SMILES string of the molecule is CCCCCCCCCCCC(=O)OCC(CCCCCCCCCC)S(=O)(=O)NCCC1=CC(=O)OC1O. The van der Waals surface area contributed by atoms with Crippen LogP contribution in [0.4, 0.5) is 0 Å². The fourth-order valence-electron chi connectivity index (χ4n) is 4.77. The van der Waals surface area contributed by atoms with Crippen LogP contribution in [0.2, 0.25) is 0 Å². The molecule has 0 amide bonds. The van der Waals surface area contributed by atoms with Crippen molar-refractivity contribution in [1.29, 1.82) is 0 Å². The summed E-state index contributed by atoms with van der Waals surface area (Å²) >= 11 is 0. The monoisotopic (exact) mass is 573 g/mol. The van der Waals surface area contributed by atoms with Crippen molar-refractivity contribution in [3.05, 3.63) is 11.6 Å². The second-order valence-electron chi connectivity index (χ2n) is 10.8. The van der Waals surface area contributed by atoms with Gasteiger partial charge in [0.05, 0.1) is 0 Å². The first-order valence-corrected chi connectivity index (χ1v) is 17.1. The summed E-state index contributed by atoms with van der Waals surface area (Å²) in [7, 11) is -3.75. The zero-order chi connectivity index (χ0) is 28.8. The highest BCUT2D eigenvalue weighted by Crippen LogP contribution is 2.18. The van der Waals surface area contributed by atoms with Crippen LogP contribution >= 0.6 is 0 Å². The van der Waals surface area contributed by atoms with Gasteiger partial charge in [-0.25, -0.2) is 17.9 Å². The van der Waals surface area contributed by atoms with Crippen LogP contribution in [0.3, 0.4) is 0 Å². The van der Waals surface area contributed by atoms with E-state index in [-0.39, 0.29) is 25.5 Å². The quantitative estimate of drug-likeness (QED) is 0.0900. The molecule has 1 aliphatic rings. The topological polar surface area (TPSA) is 119 Å². The van der Waals surface area contributed by atoms with E-state index in [2.05, 4.69) is 23.3 Å². The van der Waals surface area contributed by atoms with Gasteiger partial charge in [0.1, 0.15) is 11.9 Å². The summed E-state index contributed by atoms with van der Waals surface area (Å²) in [6, 6.07) is 0. The molecular formula is C30H55NO7S. The molecule has 2 atom stereocenters. The van der Waals surface area contributed by atoms with E-state index < -0.39 is 27.5 Å². The van der Waals surface area contributed by atoms with Crippen molar-refractivity contribution >= 4 is 22.0 Å². The van der Waals surface area contributed by atoms with Crippen molar-refractivity contribution in [3.63, 3.8) is 0 Å². The number of rotatable bonds is 26. The summed E-state index contributed by atoms with van der Waals surface area (Å²) in [5, 5.41) is 8.87. The van der Waals surface area contributed by atoms with Gasteiger partial charge in [0.25, 0.3) is 0 Å². The van der Waals surface area contributed by atoms with E-state index in [0.717, 1.165) is 44.9 Å². The Morgan fingerprint density at radius 3 is 1.92 bits per heavy atom. The van der Waals surface area contributed by atoms with Gasteiger partial charge in [0, 0.05) is 24.6 Å². The Morgan fingerprint density at radius 1 is 0.897 bits per heavy atom. The van der Waals surface area contributed by atoms with Crippen LogP contribution in [0.25, 0.3) is 0 Å². The number of carbonyl (C=O) groups is 2. The van der Waals surface area contributed by atoms with Gasteiger partial charge in [-0.15, -0.1) is 0 Å². The number of nitrogens with one attached hydrogen (secondary N) is 1. The number of esters is 2. The van der Waals surface area contributed by atoms with Crippen LogP contribution in [0.1, 0.15) is 142 Å². The summed E-state index contributed by atoms with van der Waals surface area (Å²) in [5.41, 5.74) is 0.342. The maximum atomic E-state index is 13.0. The molecule has 9 heteroatoms. The lowest BCUT2D eigenvalue weighted by molar-refractivity contribution is -0.151. The van der Waals surface area contributed by atoms with Gasteiger partial charge in [0.15, 0.2) is 0 Å². The fourth-order valence-corrected chi connectivity index (χ4v) is 6.11. The van der Waals surface area contributed by atoms with Gasteiger partial charge < -0.3 is 14.6 Å². The van der Waals surface area contributed by atoms with Gasteiger partial charge >= 0.3 is 11.9 Å². The molecule has 2 N–H and O–H groups in total. The molecule has 1 heterocycles. The Balaban J connectivity index is 2.43. The lowest BCUT2D eigenvalue weighted by Crippen LogP contribution is -2.38. The molecule has 228 valence electrons. The molecule has 39 heavy (non-hydrogen) atoms. The van der Waals surface area contributed by atoms with Crippen LogP contribution in [-0.4, -0.2) is 50.2 Å². The minimum absolute atomic E-state index is 0.0299. The van der Waals surface area contributed by atoms with Crippen molar-refractivity contribution in [2.24, 2.45) is 0 Å². The second kappa shape index (κ2) is 22.3. The molecule has 0 saturated heterocycles. The van der Waals surface area contributed by atoms with Gasteiger partial charge in [-0.3, -0.25) is 4.79 Å². The molecule has 2 unspecified atom stereocenters. The van der Waals surface area contributed by atoms with Crippen molar-refractivity contribution < 1.29 is 32.6 Å². The highest BCUT2D eigenvalue weighted by molar-refractivity contribution is 7.90. The number of cyclic esters (lactones) is 1. The number of hydrogen-bond acceptors (Lipinski definition) is 7. The average Bonchev–Trinajstić information content (AvgIpc) is 3.22. The molecule has 0 aromatic rings. The zero-order valence-electron chi connectivity index (χ0n) is 24.6. The Hall–Kier alpha value is -1.45. The van der Waals surface area contributed by atoms with E-state index in [4.69, 9.17) is 4.74 Å². The smallest absolute Gasteiger partial charge is 0.333 e. The van der Waals surface area contributed by atoms with Crippen molar-refractivity contribution in [1.82, 2.24) is 4.72 Å². The van der Waals surface area contributed by atoms with Crippen LogP contribution in [0, 0.1) is 0 Å². The summed E-state index contributed by atoms with van der Waals surface area (Å²) < 4.78 is 38.7. The molecule has 1 aliphatic heterocycles. The van der Waals surface area contributed by atoms with Crippen molar-refractivity contribution in [2.75, 3.05) is 13.2 Å². The Morgan fingerprint density at radius 2 is 1.41 bits per heavy atom. The van der Waals surface area contributed by atoms with Gasteiger partial charge in [-0.1, -0.05) is 117 Å².